The van der Waals surface area contributed by atoms with E-state index in [4.69, 9.17) is 5.11 Å². The first-order valence-electron chi connectivity index (χ1n) is 6.10. The number of hydrogen-bond acceptors (Lipinski definition) is 5. The van der Waals surface area contributed by atoms with E-state index in [0.29, 0.717) is 11.3 Å². The van der Waals surface area contributed by atoms with Crippen molar-refractivity contribution in [1.82, 2.24) is 25.5 Å². The summed E-state index contributed by atoms with van der Waals surface area (Å²) in [6.45, 7) is 3.47. The van der Waals surface area contributed by atoms with Gasteiger partial charge in [-0.3, -0.25) is 4.79 Å². The maximum absolute atomic E-state index is 12.0. The molecule has 1 heterocycles. The molecule has 0 spiro atoms. The number of carbonyl (C=O) groups excluding carboxylic acids is 1. The number of hydrogen-bond donors (Lipinski definition) is 2. The van der Waals surface area contributed by atoms with Crippen molar-refractivity contribution in [1.29, 1.82) is 0 Å². The number of tetrazole rings is 1. The highest BCUT2D eigenvalue weighted by Gasteiger charge is 2.19. The Morgan fingerprint density at radius 1 is 1.38 bits per heavy atom. The molecule has 0 fully saturated rings. The molecule has 8 nitrogen and oxygen atoms in total. The maximum atomic E-state index is 12.0. The van der Waals surface area contributed by atoms with E-state index in [0.717, 1.165) is 0 Å². The third kappa shape index (κ3) is 3.50. The maximum Gasteiger partial charge on any atom is 0.326 e. The van der Waals surface area contributed by atoms with Gasteiger partial charge in [0.2, 0.25) is 0 Å². The van der Waals surface area contributed by atoms with Crippen LogP contribution in [0.3, 0.4) is 0 Å². The first-order valence-corrected chi connectivity index (χ1v) is 6.10. The molecule has 8 heteroatoms. The van der Waals surface area contributed by atoms with Crippen molar-refractivity contribution < 1.29 is 14.7 Å². The van der Waals surface area contributed by atoms with Crippen molar-refractivity contribution in [2.75, 3.05) is 0 Å². The lowest BCUT2D eigenvalue weighted by Gasteiger charge is -2.12. The lowest BCUT2D eigenvalue weighted by Crippen LogP contribution is -2.40. The van der Waals surface area contributed by atoms with Gasteiger partial charge in [-0.05, 0) is 41.1 Å². The molecule has 1 aromatic heterocycles. The molecule has 2 N–H and O–H groups in total. The molecule has 108 valence electrons. The molecule has 1 amide bonds. The molecule has 0 aliphatic rings. The number of carbonyl (C=O) groups is 2. The minimum Gasteiger partial charge on any atom is -0.480 e. The van der Waals surface area contributed by atoms with Gasteiger partial charge in [-0.2, -0.15) is 0 Å². The Balaban J connectivity index is 2.09. The van der Waals surface area contributed by atoms with Crippen LogP contribution in [0, 0.1) is 0 Å². The summed E-state index contributed by atoms with van der Waals surface area (Å²) in [5.41, 5.74) is 1.04. The average Bonchev–Trinajstić information content (AvgIpc) is 3.01. The van der Waals surface area contributed by atoms with Crippen molar-refractivity contribution in [3.05, 3.63) is 48.8 Å². The molecule has 0 saturated carbocycles. The lowest BCUT2D eigenvalue weighted by molar-refractivity contribution is -0.139. The molecule has 1 unspecified atom stereocenters. The van der Waals surface area contributed by atoms with Crippen LogP contribution in [0.5, 0.6) is 0 Å². The van der Waals surface area contributed by atoms with E-state index in [1.54, 1.807) is 24.3 Å². The minimum atomic E-state index is -1.10. The fourth-order valence-electron chi connectivity index (χ4n) is 1.67. The minimum absolute atomic E-state index is 0.157. The Morgan fingerprint density at radius 2 is 2.10 bits per heavy atom. The van der Waals surface area contributed by atoms with Crippen molar-refractivity contribution in [3.63, 3.8) is 0 Å². The van der Waals surface area contributed by atoms with Crippen LogP contribution in [-0.2, 0) is 4.79 Å². The predicted molar refractivity (Wildman–Crippen MR) is 72.9 cm³/mol. The first-order chi connectivity index (χ1) is 10.1. The molecule has 2 rings (SSSR count). The van der Waals surface area contributed by atoms with E-state index in [1.807, 2.05) is 0 Å². The zero-order chi connectivity index (χ0) is 15.2. The molecule has 0 saturated heterocycles. The second kappa shape index (κ2) is 6.42. The molecule has 1 aromatic carbocycles. The third-order valence-electron chi connectivity index (χ3n) is 2.75. The highest BCUT2D eigenvalue weighted by Crippen LogP contribution is 2.08. The molecule has 21 heavy (non-hydrogen) atoms. The Morgan fingerprint density at radius 3 is 2.62 bits per heavy atom. The smallest absolute Gasteiger partial charge is 0.326 e. The summed E-state index contributed by atoms with van der Waals surface area (Å²) in [5.74, 6) is -1.57. The lowest BCUT2D eigenvalue weighted by atomic mass is 10.1. The van der Waals surface area contributed by atoms with Crippen LogP contribution in [0.4, 0.5) is 0 Å². The summed E-state index contributed by atoms with van der Waals surface area (Å²) in [7, 11) is 0. The number of carboxylic acid groups (broad SMARTS) is 1. The number of aromatic nitrogens is 4. The quantitative estimate of drug-likeness (QED) is 0.745. The molecule has 0 radical (unpaired) electrons. The summed E-state index contributed by atoms with van der Waals surface area (Å²) in [4.78, 5) is 23.0. The van der Waals surface area contributed by atoms with Gasteiger partial charge in [0.05, 0.1) is 5.69 Å². The van der Waals surface area contributed by atoms with Crippen LogP contribution >= 0.6 is 0 Å². The van der Waals surface area contributed by atoms with Gasteiger partial charge in [-0.1, -0.05) is 6.08 Å². The third-order valence-corrected chi connectivity index (χ3v) is 2.75. The number of benzene rings is 1. The topological polar surface area (TPSA) is 110 Å². The van der Waals surface area contributed by atoms with E-state index >= 15 is 0 Å². The Labute approximate surface area is 120 Å². The summed E-state index contributed by atoms with van der Waals surface area (Å²) in [6, 6.07) is 5.47. The van der Waals surface area contributed by atoms with Gasteiger partial charge in [0.1, 0.15) is 12.4 Å². The zero-order valence-electron chi connectivity index (χ0n) is 11.0. The Hall–Kier alpha value is -3.03. The van der Waals surface area contributed by atoms with E-state index in [1.165, 1.54) is 17.1 Å². The number of rotatable bonds is 6. The van der Waals surface area contributed by atoms with Crippen LogP contribution in [-0.4, -0.2) is 43.2 Å². The van der Waals surface area contributed by atoms with E-state index in [2.05, 4.69) is 27.4 Å². The van der Waals surface area contributed by atoms with E-state index in [-0.39, 0.29) is 6.42 Å². The molecule has 0 bridgehead atoms. The number of nitrogens with zero attached hydrogens (tertiary/aromatic N) is 4. The zero-order valence-corrected chi connectivity index (χ0v) is 11.0. The number of nitrogens with one attached hydrogen (secondary N) is 1. The number of amides is 1. The van der Waals surface area contributed by atoms with Gasteiger partial charge < -0.3 is 10.4 Å². The van der Waals surface area contributed by atoms with Crippen molar-refractivity contribution in [2.24, 2.45) is 0 Å². The molecule has 0 aliphatic heterocycles. The molecule has 0 aliphatic carbocycles. The van der Waals surface area contributed by atoms with Gasteiger partial charge in [-0.25, -0.2) is 9.48 Å². The monoisotopic (exact) mass is 287 g/mol. The number of carboxylic acids is 1. The molecule has 2 aromatic rings. The summed E-state index contributed by atoms with van der Waals surface area (Å²) in [5, 5.41) is 22.2. The molecule has 1 atom stereocenters. The van der Waals surface area contributed by atoms with Crippen LogP contribution in [0.1, 0.15) is 16.8 Å². The predicted octanol–water partition coefficient (Wildman–Crippen LogP) is 0.421. The molecular formula is C13H13N5O3. The largest absolute Gasteiger partial charge is 0.480 e. The van der Waals surface area contributed by atoms with Gasteiger partial charge in [0.25, 0.3) is 5.91 Å². The van der Waals surface area contributed by atoms with Gasteiger partial charge >= 0.3 is 5.97 Å². The first kappa shape index (κ1) is 14.4. The average molecular weight is 287 g/mol. The van der Waals surface area contributed by atoms with E-state index < -0.39 is 17.9 Å². The fourth-order valence-corrected chi connectivity index (χ4v) is 1.67. The highest BCUT2D eigenvalue weighted by atomic mass is 16.4. The van der Waals surface area contributed by atoms with Crippen molar-refractivity contribution >= 4 is 11.9 Å². The van der Waals surface area contributed by atoms with Crippen molar-refractivity contribution in [3.8, 4) is 5.69 Å². The Bertz CT molecular complexity index is 636. The number of aliphatic carboxylic acids is 1. The van der Waals surface area contributed by atoms with Crippen LogP contribution < -0.4 is 5.32 Å². The molecular weight excluding hydrogens is 274 g/mol. The highest BCUT2D eigenvalue weighted by molar-refractivity contribution is 5.96. The normalized spacial score (nSPS) is 11.6. The SMILES string of the molecule is C=CCC(NC(=O)c1ccc(-n2cnnn2)cc1)C(=O)O. The van der Waals surface area contributed by atoms with E-state index in [9.17, 15) is 9.59 Å². The van der Waals surface area contributed by atoms with Crippen LogP contribution in [0.2, 0.25) is 0 Å². The van der Waals surface area contributed by atoms with Crippen LogP contribution in [0.15, 0.2) is 43.2 Å². The summed E-state index contributed by atoms with van der Waals surface area (Å²) < 4.78 is 1.44. The van der Waals surface area contributed by atoms with Crippen molar-refractivity contribution in [2.45, 2.75) is 12.5 Å². The van der Waals surface area contributed by atoms with Gasteiger partial charge in [0.15, 0.2) is 0 Å². The fraction of sp³-hybridized carbons (Fsp3) is 0.154. The second-order valence-corrected chi connectivity index (χ2v) is 4.19. The van der Waals surface area contributed by atoms with Crippen LogP contribution in [0.25, 0.3) is 5.69 Å². The van der Waals surface area contributed by atoms with Gasteiger partial charge in [-0.15, -0.1) is 11.7 Å². The summed E-state index contributed by atoms with van der Waals surface area (Å²) in [6.07, 6.45) is 3.03. The summed E-state index contributed by atoms with van der Waals surface area (Å²) >= 11 is 0. The van der Waals surface area contributed by atoms with Gasteiger partial charge in [0, 0.05) is 5.56 Å². The second-order valence-electron chi connectivity index (χ2n) is 4.19. The standard InChI is InChI=1S/C13H13N5O3/c1-2-3-11(13(20)21)15-12(19)9-4-6-10(7-5-9)18-8-14-16-17-18/h2,4-8,11H,1,3H2,(H,15,19)(H,20,21). The Kier molecular flexibility index (Phi) is 4.39.